The summed E-state index contributed by atoms with van der Waals surface area (Å²) in [5.74, 6) is 1.29. The Morgan fingerprint density at radius 3 is 2.48 bits per heavy atom. The van der Waals surface area contributed by atoms with Crippen molar-refractivity contribution in [2.45, 2.75) is 38.8 Å². The predicted molar refractivity (Wildman–Crippen MR) is 88.2 cm³/mol. The average Bonchev–Trinajstić information content (AvgIpc) is 3.24. The molecule has 0 spiro atoms. The first-order chi connectivity index (χ1) is 10.8. The Balaban J connectivity index is 1.79. The van der Waals surface area contributed by atoms with Crippen molar-refractivity contribution >= 4 is 22.9 Å². The number of hydrogen-bond donors (Lipinski definition) is 2. The van der Waals surface area contributed by atoms with Gasteiger partial charge in [0.05, 0.1) is 32.3 Å². The molecular weight excluding hydrogens is 318 g/mol. The molecule has 0 aromatic rings. The third-order valence-corrected chi connectivity index (χ3v) is 5.37. The molecule has 0 saturated carbocycles. The summed E-state index contributed by atoms with van der Waals surface area (Å²) in [7, 11) is 0. The molecule has 8 heteroatoms. The lowest BCUT2D eigenvalue weighted by Crippen LogP contribution is -2.53. The highest BCUT2D eigenvalue weighted by Gasteiger charge is 2.50. The normalized spacial score (nSPS) is 27.0. The van der Waals surface area contributed by atoms with Crippen LogP contribution in [0.5, 0.6) is 0 Å². The summed E-state index contributed by atoms with van der Waals surface area (Å²) in [5.41, 5.74) is 2.31. The molecule has 2 fully saturated rings. The molecule has 2 rings (SSSR count). The highest BCUT2D eigenvalue weighted by Crippen LogP contribution is 2.29. The molecule has 2 atom stereocenters. The standard InChI is InChI=1S/C15H27N3O4S/c1-11(2)8-12(14(20)15(3)10-22-15)17-13(19)9-16-18-4-6-23(21)7-5-18/h11-12,16H,4-10H2,1-3H3,(H,17,19)/t12-,15+/m0/s1. The molecule has 2 aliphatic rings. The molecule has 2 N–H and O–H groups in total. The smallest absolute Gasteiger partial charge is 0.235 e. The second kappa shape index (κ2) is 7.94. The van der Waals surface area contributed by atoms with Gasteiger partial charge in [-0.3, -0.25) is 9.59 Å². The molecule has 0 aromatic heterocycles. The van der Waals surface area contributed by atoms with Crippen LogP contribution in [0.3, 0.4) is 0 Å². The largest absolute Gasteiger partial charge is 0.616 e. The maximum absolute atomic E-state index is 12.4. The molecule has 0 radical (unpaired) electrons. The zero-order valence-electron chi connectivity index (χ0n) is 14.1. The van der Waals surface area contributed by atoms with Crippen LogP contribution >= 0.6 is 0 Å². The van der Waals surface area contributed by atoms with Gasteiger partial charge in [0.1, 0.15) is 17.1 Å². The summed E-state index contributed by atoms with van der Waals surface area (Å²) in [6.45, 7) is 7.69. The second-order valence-electron chi connectivity index (χ2n) is 6.80. The van der Waals surface area contributed by atoms with E-state index in [1.807, 2.05) is 18.9 Å². The Hall–Kier alpha value is -0.670. The third-order valence-electron chi connectivity index (χ3n) is 4.10. The van der Waals surface area contributed by atoms with Crippen molar-refractivity contribution in [3.8, 4) is 0 Å². The predicted octanol–water partition coefficient (Wildman–Crippen LogP) is -0.556. The van der Waals surface area contributed by atoms with Crippen LogP contribution in [0.15, 0.2) is 0 Å². The number of hydrazine groups is 1. The topological polar surface area (TPSA) is 97.0 Å². The lowest BCUT2D eigenvalue weighted by atomic mass is 9.93. The Kier molecular flexibility index (Phi) is 6.44. The van der Waals surface area contributed by atoms with Gasteiger partial charge >= 0.3 is 0 Å². The lowest BCUT2D eigenvalue weighted by Gasteiger charge is -2.28. The minimum Gasteiger partial charge on any atom is -0.616 e. The monoisotopic (exact) mass is 345 g/mol. The van der Waals surface area contributed by atoms with Gasteiger partial charge in [0.15, 0.2) is 5.78 Å². The van der Waals surface area contributed by atoms with E-state index in [1.165, 1.54) is 0 Å². The van der Waals surface area contributed by atoms with E-state index in [0.717, 1.165) is 0 Å². The number of Topliss-reactive ketones (excluding diaryl/α,β-unsaturated/α-hetero) is 1. The zero-order valence-corrected chi connectivity index (χ0v) is 14.9. The van der Waals surface area contributed by atoms with Gasteiger partial charge in [0.25, 0.3) is 0 Å². The summed E-state index contributed by atoms with van der Waals surface area (Å²) in [4.78, 5) is 24.6. The van der Waals surface area contributed by atoms with Crippen molar-refractivity contribution in [1.82, 2.24) is 15.8 Å². The first-order valence-electron chi connectivity index (χ1n) is 8.11. The number of carbonyl (C=O) groups excluding carboxylic acids is 2. The molecular formula is C15H27N3O4S. The Labute approximate surface area is 140 Å². The molecule has 132 valence electrons. The Morgan fingerprint density at radius 1 is 1.35 bits per heavy atom. The summed E-state index contributed by atoms with van der Waals surface area (Å²) in [5, 5.41) is 4.73. The Morgan fingerprint density at radius 2 is 1.96 bits per heavy atom. The SMILES string of the molecule is CC(C)C[C@H](NC(=O)CNN1CC[S+]([O-])CC1)C(=O)[C@@]1(C)CO1. The number of carbonyl (C=O) groups is 2. The van der Waals surface area contributed by atoms with Gasteiger partial charge in [0, 0.05) is 0 Å². The maximum atomic E-state index is 12.4. The number of amides is 1. The van der Waals surface area contributed by atoms with E-state index in [4.69, 9.17) is 4.74 Å². The summed E-state index contributed by atoms with van der Waals surface area (Å²) in [6, 6.07) is -0.509. The van der Waals surface area contributed by atoms with Crippen molar-refractivity contribution in [3.05, 3.63) is 0 Å². The van der Waals surface area contributed by atoms with Crippen LogP contribution in [0, 0.1) is 5.92 Å². The molecule has 0 aromatic carbocycles. The van der Waals surface area contributed by atoms with E-state index >= 15 is 0 Å². The van der Waals surface area contributed by atoms with E-state index in [-0.39, 0.29) is 18.2 Å². The number of epoxide rings is 1. The molecule has 0 aliphatic carbocycles. The van der Waals surface area contributed by atoms with E-state index in [0.29, 0.717) is 43.5 Å². The van der Waals surface area contributed by atoms with Crippen molar-refractivity contribution in [3.63, 3.8) is 0 Å². The quantitative estimate of drug-likeness (QED) is 0.452. The fourth-order valence-electron chi connectivity index (χ4n) is 2.55. The molecule has 7 nitrogen and oxygen atoms in total. The van der Waals surface area contributed by atoms with Crippen molar-refractivity contribution in [2.75, 3.05) is 37.7 Å². The first kappa shape index (κ1) is 18.7. The van der Waals surface area contributed by atoms with Crippen LogP contribution in [0.2, 0.25) is 0 Å². The number of ketones is 1. The molecule has 2 heterocycles. The lowest BCUT2D eigenvalue weighted by molar-refractivity contribution is -0.130. The molecule has 0 bridgehead atoms. The number of ether oxygens (including phenoxy) is 1. The van der Waals surface area contributed by atoms with Crippen LogP contribution in [0.4, 0.5) is 0 Å². The molecule has 2 aliphatic heterocycles. The van der Waals surface area contributed by atoms with Crippen LogP contribution in [0.25, 0.3) is 0 Å². The van der Waals surface area contributed by atoms with Gasteiger partial charge in [-0.15, -0.1) is 0 Å². The highest BCUT2D eigenvalue weighted by molar-refractivity contribution is 7.91. The zero-order chi connectivity index (χ0) is 17.0. The van der Waals surface area contributed by atoms with E-state index in [2.05, 4.69) is 10.7 Å². The van der Waals surface area contributed by atoms with Crippen molar-refractivity contribution in [2.24, 2.45) is 5.92 Å². The van der Waals surface area contributed by atoms with Gasteiger partial charge < -0.3 is 14.6 Å². The van der Waals surface area contributed by atoms with Gasteiger partial charge in [-0.25, -0.2) is 10.4 Å². The number of rotatable bonds is 8. The van der Waals surface area contributed by atoms with Crippen molar-refractivity contribution < 1.29 is 18.9 Å². The van der Waals surface area contributed by atoms with Crippen LogP contribution in [-0.4, -0.2) is 70.6 Å². The van der Waals surface area contributed by atoms with Gasteiger partial charge in [-0.2, -0.15) is 0 Å². The average molecular weight is 345 g/mol. The summed E-state index contributed by atoms with van der Waals surface area (Å²) in [6.07, 6.45) is 0.603. The number of nitrogens with one attached hydrogen (secondary N) is 2. The van der Waals surface area contributed by atoms with Gasteiger partial charge in [-0.05, 0) is 19.3 Å². The fraction of sp³-hybridized carbons (Fsp3) is 0.867. The molecule has 1 amide bonds. The van der Waals surface area contributed by atoms with Gasteiger partial charge in [-0.1, -0.05) is 25.0 Å². The Bertz CT molecular complexity index is 434. The third kappa shape index (κ3) is 5.72. The fourth-order valence-corrected chi connectivity index (χ4v) is 3.60. The number of nitrogens with zero attached hydrogens (tertiary/aromatic N) is 1. The molecule has 23 heavy (non-hydrogen) atoms. The van der Waals surface area contributed by atoms with Crippen molar-refractivity contribution in [1.29, 1.82) is 0 Å². The van der Waals surface area contributed by atoms with E-state index in [1.54, 1.807) is 6.92 Å². The summed E-state index contributed by atoms with van der Waals surface area (Å²) < 4.78 is 16.5. The van der Waals surface area contributed by atoms with E-state index in [9.17, 15) is 14.1 Å². The van der Waals surface area contributed by atoms with Gasteiger partial charge in [0.2, 0.25) is 5.91 Å². The summed E-state index contributed by atoms with van der Waals surface area (Å²) >= 11 is -0.741. The first-order valence-corrected chi connectivity index (χ1v) is 9.60. The maximum Gasteiger partial charge on any atom is 0.235 e. The molecule has 2 saturated heterocycles. The van der Waals surface area contributed by atoms with Crippen LogP contribution in [-0.2, 0) is 25.5 Å². The van der Waals surface area contributed by atoms with Crippen LogP contribution < -0.4 is 10.7 Å². The second-order valence-corrected chi connectivity index (χ2v) is 8.50. The highest BCUT2D eigenvalue weighted by atomic mass is 32.2. The minimum absolute atomic E-state index is 0.0482. The van der Waals surface area contributed by atoms with E-state index < -0.39 is 22.8 Å². The van der Waals surface area contributed by atoms with Crippen LogP contribution in [0.1, 0.15) is 27.2 Å². The number of hydrogen-bond acceptors (Lipinski definition) is 6. The molecule has 0 unspecified atom stereocenters. The minimum atomic E-state index is -0.741.